The van der Waals surface area contributed by atoms with E-state index in [0.29, 0.717) is 30.5 Å². The molecule has 0 unspecified atom stereocenters. The van der Waals surface area contributed by atoms with E-state index in [9.17, 15) is 0 Å². The van der Waals surface area contributed by atoms with Crippen LogP contribution in [0.2, 0.25) is 0 Å². The molecule has 0 radical (unpaired) electrons. The fraction of sp³-hybridized carbons (Fsp3) is 0.636. The van der Waals surface area contributed by atoms with Crippen molar-refractivity contribution in [3.63, 3.8) is 0 Å². The summed E-state index contributed by atoms with van der Waals surface area (Å²) in [7, 11) is 0. The molecule has 1 rings (SSSR count). The summed E-state index contributed by atoms with van der Waals surface area (Å²) in [6, 6.07) is 0. The smallest absolute Gasteiger partial charge is 0.221 e. The molecule has 1 aromatic heterocycles. The zero-order valence-electron chi connectivity index (χ0n) is 9.86. The lowest BCUT2D eigenvalue weighted by atomic mass is 10.3. The van der Waals surface area contributed by atoms with E-state index < -0.39 is 0 Å². The summed E-state index contributed by atoms with van der Waals surface area (Å²) in [5.74, 6) is 1.71. The van der Waals surface area contributed by atoms with Crippen LogP contribution in [0.25, 0.3) is 0 Å². The van der Waals surface area contributed by atoms with E-state index >= 15 is 0 Å². The summed E-state index contributed by atoms with van der Waals surface area (Å²) in [6.45, 7) is 4.45. The van der Waals surface area contributed by atoms with Gasteiger partial charge in [0, 0.05) is 19.4 Å². The molecule has 3 N–H and O–H groups in total. The molecule has 0 saturated carbocycles. The number of hydrogen-bond acceptors (Lipinski definition) is 5. The number of anilines is 1. The van der Waals surface area contributed by atoms with Gasteiger partial charge in [-0.1, -0.05) is 6.92 Å². The molecule has 90 valence electrons. The normalized spacial score (nSPS) is 10.4. The summed E-state index contributed by atoms with van der Waals surface area (Å²) < 4.78 is 5.45. The molecule has 0 saturated heterocycles. The molecule has 5 heteroatoms. The van der Waals surface area contributed by atoms with Gasteiger partial charge in [-0.25, -0.2) is 4.98 Å². The summed E-state index contributed by atoms with van der Waals surface area (Å²) in [5.41, 5.74) is 6.54. The first-order valence-corrected chi connectivity index (χ1v) is 5.55. The Morgan fingerprint density at radius 3 is 2.75 bits per heavy atom. The van der Waals surface area contributed by atoms with Gasteiger partial charge in [0.2, 0.25) is 5.88 Å². The van der Waals surface area contributed by atoms with Crippen molar-refractivity contribution in [2.45, 2.75) is 33.1 Å². The van der Waals surface area contributed by atoms with Crippen molar-refractivity contribution in [3.05, 3.63) is 11.4 Å². The second-order valence-corrected chi connectivity index (χ2v) is 3.63. The highest BCUT2D eigenvalue weighted by Crippen LogP contribution is 2.20. The second-order valence-electron chi connectivity index (χ2n) is 3.63. The average Bonchev–Trinajstić information content (AvgIpc) is 2.25. The average molecular weight is 225 g/mol. The Morgan fingerprint density at radius 2 is 2.12 bits per heavy atom. The van der Waals surface area contributed by atoms with Crippen molar-refractivity contribution in [1.29, 1.82) is 0 Å². The predicted molar refractivity (Wildman–Crippen MR) is 62.4 cm³/mol. The third kappa shape index (κ3) is 3.34. The first kappa shape index (κ1) is 12.7. The van der Waals surface area contributed by atoms with Crippen LogP contribution in [0.15, 0.2) is 0 Å². The molecule has 16 heavy (non-hydrogen) atoms. The van der Waals surface area contributed by atoms with Gasteiger partial charge in [0.25, 0.3) is 0 Å². The van der Waals surface area contributed by atoms with E-state index in [0.717, 1.165) is 18.4 Å². The maximum absolute atomic E-state index is 8.67. The summed E-state index contributed by atoms with van der Waals surface area (Å²) >= 11 is 0. The molecule has 1 heterocycles. The first-order valence-electron chi connectivity index (χ1n) is 5.55. The Kier molecular flexibility index (Phi) is 4.98. The minimum absolute atomic E-state index is 0.113. The lowest BCUT2D eigenvalue weighted by Gasteiger charge is -2.10. The Hall–Kier alpha value is -1.36. The zero-order valence-corrected chi connectivity index (χ0v) is 9.86. The van der Waals surface area contributed by atoms with Crippen molar-refractivity contribution in [1.82, 2.24) is 9.97 Å². The van der Waals surface area contributed by atoms with Crippen molar-refractivity contribution >= 4 is 5.82 Å². The molecule has 1 aromatic rings. The van der Waals surface area contributed by atoms with E-state index in [1.165, 1.54) is 0 Å². The van der Waals surface area contributed by atoms with Crippen LogP contribution in [-0.4, -0.2) is 28.3 Å². The Balaban J connectivity index is 2.79. The van der Waals surface area contributed by atoms with Crippen molar-refractivity contribution in [3.8, 4) is 5.88 Å². The third-order valence-electron chi connectivity index (χ3n) is 2.20. The van der Waals surface area contributed by atoms with Gasteiger partial charge in [0.15, 0.2) is 0 Å². The Labute approximate surface area is 95.7 Å². The maximum Gasteiger partial charge on any atom is 0.221 e. The molecule has 0 aliphatic rings. The Bertz CT molecular complexity index is 342. The molecule has 0 bridgehead atoms. The van der Waals surface area contributed by atoms with Crippen molar-refractivity contribution in [2.24, 2.45) is 0 Å². The quantitative estimate of drug-likeness (QED) is 0.708. The van der Waals surface area contributed by atoms with E-state index in [4.69, 9.17) is 15.6 Å². The highest BCUT2D eigenvalue weighted by molar-refractivity contribution is 5.44. The van der Waals surface area contributed by atoms with Crippen molar-refractivity contribution in [2.75, 3.05) is 18.9 Å². The fourth-order valence-electron chi connectivity index (χ4n) is 1.27. The molecule has 0 aromatic carbocycles. The maximum atomic E-state index is 8.67. The van der Waals surface area contributed by atoms with Gasteiger partial charge in [0.05, 0.1) is 12.2 Å². The van der Waals surface area contributed by atoms with Gasteiger partial charge in [-0.2, -0.15) is 4.98 Å². The number of rotatable bonds is 6. The highest BCUT2D eigenvalue weighted by Gasteiger charge is 2.09. The van der Waals surface area contributed by atoms with E-state index in [1.807, 2.05) is 6.92 Å². The van der Waals surface area contributed by atoms with Crippen LogP contribution in [0.4, 0.5) is 5.82 Å². The van der Waals surface area contributed by atoms with Crippen LogP contribution >= 0.6 is 0 Å². The third-order valence-corrected chi connectivity index (χ3v) is 2.20. The molecular formula is C11H19N3O2. The lowest BCUT2D eigenvalue weighted by Crippen LogP contribution is -2.08. The SMILES string of the molecule is CCCc1nc(N)c(C)c(OCCCO)n1. The molecular weight excluding hydrogens is 206 g/mol. The number of aromatic nitrogens is 2. The number of aliphatic hydroxyl groups is 1. The largest absolute Gasteiger partial charge is 0.477 e. The number of aliphatic hydroxyl groups excluding tert-OH is 1. The molecule has 0 fully saturated rings. The second kappa shape index (κ2) is 6.27. The molecule has 0 amide bonds. The van der Waals surface area contributed by atoms with E-state index in [1.54, 1.807) is 0 Å². The lowest BCUT2D eigenvalue weighted by molar-refractivity contribution is 0.228. The molecule has 0 aliphatic heterocycles. The summed E-state index contributed by atoms with van der Waals surface area (Å²) in [5, 5.41) is 8.67. The number of nitrogens with zero attached hydrogens (tertiary/aromatic N) is 2. The van der Waals surface area contributed by atoms with Crippen LogP contribution in [0.3, 0.4) is 0 Å². The Morgan fingerprint density at radius 1 is 1.38 bits per heavy atom. The summed E-state index contributed by atoms with van der Waals surface area (Å²) in [4.78, 5) is 8.49. The van der Waals surface area contributed by atoms with Crippen LogP contribution in [0, 0.1) is 6.92 Å². The minimum Gasteiger partial charge on any atom is -0.477 e. The van der Waals surface area contributed by atoms with E-state index in [-0.39, 0.29) is 6.61 Å². The number of ether oxygens (including phenoxy) is 1. The van der Waals surface area contributed by atoms with Gasteiger partial charge in [-0.3, -0.25) is 0 Å². The number of nitrogen functional groups attached to an aromatic ring is 1. The number of aryl methyl sites for hydroxylation is 1. The zero-order chi connectivity index (χ0) is 12.0. The van der Waals surface area contributed by atoms with Gasteiger partial charge in [-0.15, -0.1) is 0 Å². The minimum atomic E-state index is 0.113. The highest BCUT2D eigenvalue weighted by atomic mass is 16.5. The molecule has 0 spiro atoms. The number of hydrogen-bond donors (Lipinski definition) is 2. The van der Waals surface area contributed by atoms with Gasteiger partial charge >= 0.3 is 0 Å². The van der Waals surface area contributed by atoms with E-state index in [2.05, 4.69) is 16.9 Å². The fourth-order valence-corrected chi connectivity index (χ4v) is 1.27. The van der Waals surface area contributed by atoms with Crippen LogP contribution in [0.5, 0.6) is 5.88 Å². The number of nitrogens with two attached hydrogens (primary N) is 1. The predicted octanol–water partition coefficient (Wildman–Crippen LogP) is 1.08. The van der Waals surface area contributed by atoms with Gasteiger partial charge in [0.1, 0.15) is 11.6 Å². The molecule has 5 nitrogen and oxygen atoms in total. The van der Waals surface area contributed by atoms with Gasteiger partial charge < -0.3 is 15.6 Å². The van der Waals surface area contributed by atoms with Crippen LogP contribution in [0.1, 0.15) is 31.2 Å². The topological polar surface area (TPSA) is 81.3 Å². The van der Waals surface area contributed by atoms with Crippen LogP contribution < -0.4 is 10.5 Å². The van der Waals surface area contributed by atoms with Gasteiger partial charge in [-0.05, 0) is 13.3 Å². The van der Waals surface area contributed by atoms with Crippen LogP contribution in [-0.2, 0) is 6.42 Å². The monoisotopic (exact) mass is 225 g/mol. The van der Waals surface area contributed by atoms with Crippen molar-refractivity contribution < 1.29 is 9.84 Å². The summed E-state index contributed by atoms with van der Waals surface area (Å²) in [6.07, 6.45) is 2.35. The standard InChI is InChI=1S/C11H19N3O2/c1-3-5-9-13-10(12)8(2)11(14-9)16-7-4-6-15/h15H,3-7H2,1-2H3,(H2,12,13,14). The molecule has 0 aliphatic carbocycles. The molecule has 0 atom stereocenters. The first-order chi connectivity index (χ1) is 7.69.